The van der Waals surface area contributed by atoms with Crippen LogP contribution in [0, 0.1) is 6.92 Å². The highest BCUT2D eigenvalue weighted by Crippen LogP contribution is 2.14. The molecule has 0 fully saturated rings. The quantitative estimate of drug-likeness (QED) is 0.838. The van der Waals surface area contributed by atoms with Gasteiger partial charge in [0.2, 0.25) is 15.9 Å². The average Bonchev–Trinajstić information content (AvgIpc) is 2.84. The van der Waals surface area contributed by atoms with E-state index in [0.29, 0.717) is 23.8 Å². The third kappa shape index (κ3) is 4.40. The highest BCUT2D eigenvalue weighted by Gasteiger charge is 2.14. The van der Waals surface area contributed by atoms with Gasteiger partial charge in [0.15, 0.2) is 5.89 Å². The molecule has 0 saturated heterocycles. The van der Waals surface area contributed by atoms with E-state index >= 15 is 0 Å². The highest BCUT2D eigenvalue weighted by atomic mass is 32.2. The Balaban J connectivity index is 1.96. The molecule has 0 aliphatic rings. The Morgan fingerprint density at radius 2 is 1.95 bits per heavy atom. The minimum Gasteiger partial charge on any atom is -0.446 e. The topological polar surface area (TPSA) is 101 Å². The third-order valence-electron chi connectivity index (χ3n) is 2.79. The summed E-state index contributed by atoms with van der Waals surface area (Å²) in [5.74, 6) is 0.961. The maximum atomic E-state index is 12.1. The molecule has 0 aliphatic heterocycles. The monoisotopic (exact) mass is 323 g/mol. The van der Waals surface area contributed by atoms with E-state index in [-0.39, 0.29) is 17.3 Å². The Hall–Kier alpha value is -2.19. The van der Waals surface area contributed by atoms with Crippen molar-refractivity contribution in [3.8, 4) is 0 Å². The van der Waals surface area contributed by atoms with Crippen LogP contribution in [0.1, 0.15) is 18.6 Å². The molecule has 22 heavy (non-hydrogen) atoms. The van der Waals surface area contributed by atoms with Crippen LogP contribution in [-0.2, 0) is 21.2 Å². The summed E-state index contributed by atoms with van der Waals surface area (Å²) in [6, 6.07) is 5.94. The number of aryl methyl sites for hydroxylation is 1. The van der Waals surface area contributed by atoms with Gasteiger partial charge in [0, 0.05) is 25.6 Å². The number of benzene rings is 1. The van der Waals surface area contributed by atoms with E-state index in [1.807, 2.05) is 0 Å². The second kappa shape index (κ2) is 6.71. The lowest BCUT2D eigenvalue weighted by Gasteiger charge is -2.07. The van der Waals surface area contributed by atoms with E-state index in [9.17, 15) is 13.2 Å². The van der Waals surface area contributed by atoms with E-state index in [4.69, 9.17) is 4.42 Å². The van der Waals surface area contributed by atoms with Crippen molar-refractivity contribution >= 4 is 21.6 Å². The molecule has 2 aromatic rings. The molecule has 1 aromatic heterocycles. The SMILES string of the molecule is CC(=O)Nc1ccc(S(=O)(=O)NCCc2ncc(C)o2)cc1. The van der Waals surface area contributed by atoms with Crippen molar-refractivity contribution in [2.75, 3.05) is 11.9 Å². The van der Waals surface area contributed by atoms with E-state index in [1.165, 1.54) is 31.2 Å². The smallest absolute Gasteiger partial charge is 0.240 e. The van der Waals surface area contributed by atoms with Crippen molar-refractivity contribution in [1.82, 2.24) is 9.71 Å². The van der Waals surface area contributed by atoms with Crippen LogP contribution in [0.5, 0.6) is 0 Å². The molecule has 0 atom stereocenters. The molecule has 0 aliphatic carbocycles. The number of nitrogens with one attached hydrogen (secondary N) is 2. The third-order valence-corrected chi connectivity index (χ3v) is 4.26. The minimum atomic E-state index is -3.60. The molecule has 2 rings (SSSR count). The number of aromatic nitrogens is 1. The molecule has 8 heteroatoms. The van der Waals surface area contributed by atoms with Gasteiger partial charge in [-0.05, 0) is 31.2 Å². The van der Waals surface area contributed by atoms with Crippen molar-refractivity contribution in [2.45, 2.75) is 25.2 Å². The van der Waals surface area contributed by atoms with Gasteiger partial charge < -0.3 is 9.73 Å². The number of hydrogen-bond donors (Lipinski definition) is 2. The van der Waals surface area contributed by atoms with E-state index in [1.54, 1.807) is 13.1 Å². The lowest BCUT2D eigenvalue weighted by Crippen LogP contribution is -2.26. The predicted molar refractivity (Wildman–Crippen MR) is 80.9 cm³/mol. The second-order valence-corrected chi connectivity index (χ2v) is 6.48. The predicted octanol–water partition coefficient (Wildman–Crippen LogP) is 1.46. The summed E-state index contributed by atoms with van der Waals surface area (Å²) in [4.78, 5) is 15.1. The maximum Gasteiger partial charge on any atom is 0.240 e. The molecule has 118 valence electrons. The van der Waals surface area contributed by atoms with Crippen LogP contribution in [0.4, 0.5) is 5.69 Å². The minimum absolute atomic E-state index is 0.130. The van der Waals surface area contributed by atoms with Crippen molar-refractivity contribution in [1.29, 1.82) is 0 Å². The van der Waals surface area contributed by atoms with E-state index in [0.717, 1.165) is 0 Å². The number of carbonyl (C=O) groups excluding carboxylic acids is 1. The second-order valence-electron chi connectivity index (χ2n) is 4.72. The van der Waals surface area contributed by atoms with Gasteiger partial charge in [-0.1, -0.05) is 0 Å². The fraction of sp³-hybridized carbons (Fsp3) is 0.286. The lowest BCUT2D eigenvalue weighted by molar-refractivity contribution is -0.114. The van der Waals surface area contributed by atoms with Crippen LogP contribution in [0.2, 0.25) is 0 Å². The fourth-order valence-electron chi connectivity index (χ4n) is 1.81. The van der Waals surface area contributed by atoms with Crippen LogP contribution in [0.25, 0.3) is 0 Å². The summed E-state index contributed by atoms with van der Waals surface area (Å²) in [7, 11) is -3.60. The largest absolute Gasteiger partial charge is 0.446 e. The Morgan fingerprint density at radius 3 is 2.50 bits per heavy atom. The van der Waals surface area contributed by atoms with Gasteiger partial charge >= 0.3 is 0 Å². The Morgan fingerprint density at radius 1 is 1.27 bits per heavy atom. The standard InChI is InChI=1S/C14H17N3O4S/c1-10-9-15-14(21-10)7-8-16-22(19,20)13-5-3-12(4-6-13)17-11(2)18/h3-6,9,16H,7-8H2,1-2H3,(H,17,18). The van der Waals surface area contributed by atoms with Crippen LogP contribution in [-0.4, -0.2) is 25.9 Å². The van der Waals surface area contributed by atoms with Crippen LogP contribution in [0.3, 0.4) is 0 Å². The van der Waals surface area contributed by atoms with Gasteiger partial charge in [-0.3, -0.25) is 4.79 Å². The highest BCUT2D eigenvalue weighted by molar-refractivity contribution is 7.89. The zero-order chi connectivity index (χ0) is 16.2. The number of amides is 1. The molecule has 0 bridgehead atoms. The molecular formula is C14H17N3O4S. The number of rotatable bonds is 6. The Bertz CT molecular complexity index is 751. The zero-order valence-electron chi connectivity index (χ0n) is 12.3. The van der Waals surface area contributed by atoms with Gasteiger partial charge in [-0.2, -0.15) is 0 Å². The Kier molecular flexibility index (Phi) is 4.94. The van der Waals surface area contributed by atoms with Crippen LogP contribution in [0.15, 0.2) is 39.8 Å². The van der Waals surface area contributed by atoms with Gasteiger partial charge in [0.05, 0.1) is 11.1 Å². The molecule has 0 radical (unpaired) electrons. The summed E-state index contributed by atoms with van der Waals surface area (Å²) in [6.07, 6.45) is 1.96. The summed E-state index contributed by atoms with van der Waals surface area (Å²) in [6.45, 7) is 3.35. The summed E-state index contributed by atoms with van der Waals surface area (Å²) in [5, 5.41) is 2.58. The molecular weight excluding hydrogens is 306 g/mol. The van der Waals surface area contributed by atoms with Gasteiger partial charge in [0.1, 0.15) is 5.76 Å². The average molecular weight is 323 g/mol. The first-order valence-corrected chi connectivity index (χ1v) is 8.14. The van der Waals surface area contributed by atoms with Gasteiger partial charge in [-0.15, -0.1) is 0 Å². The molecule has 0 unspecified atom stereocenters. The van der Waals surface area contributed by atoms with E-state index in [2.05, 4.69) is 15.0 Å². The number of nitrogens with zero attached hydrogens (tertiary/aromatic N) is 1. The first-order chi connectivity index (χ1) is 10.4. The molecule has 1 aromatic carbocycles. The molecule has 0 saturated carbocycles. The number of oxazole rings is 1. The summed E-state index contributed by atoms with van der Waals surface area (Å²) >= 11 is 0. The molecule has 0 spiro atoms. The van der Waals surface area contributed by atoms with Gasteiger partial charge in [-0.25, -0.2) is 18.1 Å². The number of sulfonamides is 1. The number of carbonyl (C=O) groups is 1. The summed E-state index contributed by atoms with van der Waals surface area (Å²) < 4.78 is 32.0. The normalized spacial score (nSPS) is 11.4. The zero-order valence-corrected chi connectivity index (χ0v) is 13.1. The first kappa shape index (κ1) is 16.2. The van der Waals surface area contributed by atoms with Crippen molar-refractivity contribution < 1.29 is 17.6 Å². The van der Waals surface area contributed by atoms with Crippen molar-refractivity contribution in [3.63, 3.8) is 0 Å². The maximum absolute atomic E-state index is 12.1. The van der Waals surface area contributed by atoms with Crippen LogP contribution < -0.4 is 10.0 Å². The first-order valence-electron chi connectivity index (χ1n) is 6.65. The van der Waals surface area contributed by atoms with Crippen molar-refractivity contribution in [2.24, 2.45) is 0 Å². The molecule has 1 heterocycles. The lowest BCUT2D eigenvalue weighted by atomic mass is 10.3. The molecule has 1 amide bonds. The number of anilines is 1. The van der Waals surface area contributed by atoms with Crippen LogP contribution >= 0.6 is 0 Å². The molecule has 7 nitrogen and oxygen atoms in total. The van der Waals surface area contributed by atoms with Gasteiger partial charge in [0.25, 0.3) is 0 Å². The molecule has 2 N–H and O–H groups in total. The van der Waals surface area contributed by atoms with Crippen molar-refractivity contribution in [3.05, 3.63) is 42.1 Å². The van der Waals surface area contributed by atoms with E-state index < -0.39 is 10.0 Å². The number of hydrogen-bond acceptors (Lipinski definition) is 5. The fourth-order valence-corrected chi connectivity index (χ4v) is 2.85. The summed E-state index contributed by atoms with van der Waals surface area (Å²) in [5.41, 5.74) is 0.543. The Labute approximate surface area is 128 Å².